The van der Waals surface area contributed by atoms with Crippen LogP contribution in [0.2, 0.25) is 0 Å². The fourth-order valence-electron chi connectivity index (χ4n) is 5.25. The minimum Gasteiger partial charge on any atom is -0.497 e. The molecule has 0 saturated heterocycles. The molecule has 37 heavy (non-hydrogen) atoms. The molecule has 3 N–H and O–H groups in total. The number of primary amides is 1. The predicted octanol–water partition coefficient (Wildman–Crippen LogP) is 4.68. The average Bonchev–Trinajstić information content (AvgIpc) is 3.29. The summed E-state index contributed by atoms with van der Waals surface area (Å²) in [5.74, 6) is 0.790. The van der Waals surface area contributed by atoms with E-state index in [-0.39, 0.29) is 30.4 Å². The zero-order valence-corrected chi connectivity index (χ0v) is 21.6. The number of methoxy groups -OCH3 is 2. The van der Waals surface area contributed by atoms with Crippen LogP contribution in [0.25, 0.3) is 11.5 Å². The summed E-state index contributed by atoms with van der Waals surface area (Å²) in [5.41, 5.74) is 7.97. The lowest BCUT2D eigenvalue weighted by atomic mass is 9.81. The van der Waals surface area contributed by atoms with Crippen molar-refractivity contribution in [3.63, 3.8) is 0 Å². The predicted molar refractivity (Wildman–Crippen MR) is 140 cm³/mol. The number of rotatable bonds is 10. The highest BCUT2D eigenvalue weighted by Crippen LogP contribution is 2.39. The molecule has 0 aliphatic heterocycles. The van der Waals surface area contributed by atoms with E-state index in [0.717, 1.165) is 48.3 Å². The molecule has 0 bridgehead atoms. The summed E-state index contributed by atoms with van der Waals surface area (Å²) in [6.07, 6.45) is 3.30. The van der Waals surface area contributed by atoms with Crippen LogP contribution in [0.4, 0.5) is 0 Å². The lowest BCUT2D eigenvalue weighted by molar-refractivity contribution is -0.127. The first-order valence-corrected chi connectivity index (χ1v) is 12.7. The van der Waals surface area contributed by atoms with E-state index in [4.69, 9.17) is 24.6 Å². The minimum atomic E-state index is -0.653. The van der Waals surface area contributed by atoms with Crippen molar-refractivity contribution in [3.05, 3.63) is 71.6 Å². The molecule has 8 heteroatoms. The van der Waals surface area contributed by atoms with Crippen molar-refractivity contribution >= 4 is 11.8 Å². The van der Waals surface area contributed by atoms with Gasteiger partial charge in [0.15, 0.2) is 0 Å². The molecule has 196 valence electrons. The summed E-state index contributed by atoms with van der Waals surface area (Å²) in [6, 6.07) is 16.8. The van der Waals surface area contributed by atoms with Gasteiger partial charge in [0.05, 0.1) is 13.0 Å². The summed E-state index contributed by atoms with van der Waals surface area (Å²) < 4.78 is 17.3. The molecule has 1 aliphatic carbocycles. The second kappa shape index (κ2) is 12.1. The van der Waals surface area contributed by atoms with Crippen LogP contribution in [0.1, 0.15) is 61.1 Å². The SMILES string of the molecule is COc1cccc(-c2nc(C(OC)C3CCCC(NC(=O)CC(C(N)=O)c4ccccc4)C3)c(C)o2)c1. The first-order chi connectivity index (χ1) is 17.9. The Hall–Kier alpha value is -3.65. The van der Waals surface area contributed by atoms with E-state index in [1.54, 1.807) is 14.2 Å². The molecule has 1 fully saturated rings. The minimum absolute atomic E-state index is 0.0155. The van der Waals surface area contributed by atoms with Gasteiger partial charge in [-0.2, -0.15) is 0 Å². The van der Waals surface area contributed by atoms with E-state index in [0.29, 0.717) is 11.7 Å². The lowest BCUT2D eigenvalue weighted by Gasteiger charge is -2.34. The third-order valence-electron chi connectivity index (χ3n) is 7.12. The Kier molecular flexibility index (Phi) is 8.61. The Morgan fingerprint density at radius 1 is 1.14 bits per heavy atom. The van der Waals surface area contributed by atoms with Crippen LogP contribution in [-0.2, 0) is 14.3 Å². The molecular weight excluding hydrogens is 470 g/mol. The van der Waals surface area contributed by atoms with Crippen LogP contribution in [0.5, 0.6) is 5.75 Å². The molecule has 1 aliphatic rings. The number of aromatic nitrogens is 1. The summed E-state index contributed by atoms with van der Waals surface area (Å²) in [6.45, 7) is 1.90. The van der Waals surface area contributed by atoms with Gasteiger partial charge in [-0.25, -0.2) is 4.98 Å². The van der Waals surface area contributed by atoms with E-state index in [2.05, 4.69) is 5.32 Å². The van der Waals surface area contributed by atoms with E-state index in [1.165, 1.54) is 0 Å². The maximum absolute atomic E-state index is 12.9. The summed E-state index contributed by atoms with van der Waals surface area (Å²) in [5, 5.41) is 3.13. The van der Waals surface area contributed by atoms with Crippen molar-refractivity contribution in [2.75, 3.05) is 14.2 Å². The standard InChI is InChI=1S/C29H35N3O5/c1-18-26(32-29(37-18)21-12-8-14-23(16-21)35-2)27(36-3)20-11-7-13-22(15-20)31-25(33)17-24(28(30)34)19-9-5-4-6-10-19/h4-6,8-10,12,14,16,20,22,24,27H,7,11,13,15,17H2,1-3H3,(H2,30,34)(H,31,33). The Morgan fingerprint density at radius 2 is 1.92 bits per heavy atom. The van der Waals surface area contributed by atoms with Crippen LogP contribution < -0.4 is 15.8 Å². The van der Waals surface area contributed by atoms with Gasteiger partial charge in [0.1, 0.15) is 23.3 Å². The normalized spacial score (nSPS) is 19.1. The monoisotopic (exact) mass is 505 g/mol. The molecule has 1 aromatic heterocycles. The van der Waals surface area contributed by atoms with Gasteiger partial charge in [0, 0.05) is 25.1 Å². The Labute approximate surface area is 217 Å². The van der Waals surface area contributed by atoms with E-state index < -0.39 is 11.8 Å². The number of aryl methyl sites for hydroxylation is 1. The number of nitrogens with two attached hydrogens (primary N) is 1. The molecule has 1 saturated carbocycles. The maximum Gasteiger partial charge on any atom is 0.226 e. The van der Waals surface area contributed by atoms with Gasteiger partial charge >= 0.3 is 0 Å². The van der Waals surface area contributed by atoms with Crippen molar-refractivity contribution in [1.82, 2.24) is 10.3 Å². The maximum atomic E-state index is 12.9. The molecule has 2 aromatic carbocycles. The molecule has 8 nitrogen and oxygen atoms in total. The number of hydrogen-bond acceptors (Lipinski definition) is 6. The molecule has 3 aromatic rings. The van der Waals surface area contributed by atoms with Gasteiger partial charge in [-0.1, -0.05) is 42.8 Å². The average molecular weight is 506 g/mol. The largest absolute Gasteiger partial charge is 0.497 e. The van der Waals surface area contributed by atoms with Crippen LogP contribution in [0, 0.1) is 12.8 Å². The highest BCUT2D eigenvalue weighted by atomic mass is 16.5. The number of ether oxygens (including phenoxy) is 2. The van der Waals surface area contributed by atoms with E-state index >= 15 is 0 Å². The zero-order chi connectivity index (χ0) is 26.4. The first-order valence-electron chi connectivity index (χ1n) is 12.7. The molecule has 4 unspecified atom stereocenters. The van der Waals surface area contributed by atoms with E-state index in [1.807, 2.05) is 61.5 Å². The van der Waals surface area contributed by atoms with Crippen molar-refractivity contribution in [3.8, 4) is 17.2 Å². The lowest BCUT2D eigenvalue weighted by Crippen LogP contribution is -2.41. The quantitative estimate of drug-likeness (QED) is 0.413. The topological polar surface area (TPSA) is 117 Å². The summed E-state index contributed by atoms with van der Waals surface area (Å²) >= 11 is 0. The number of oxazole rings is 1. The second-order valence-corrected chi connectivity index (χ2v) is 9.61. The number of carbonyl (C=O) groups is 2. The van der Waals surface area contributed by atoms with Crippen LogP contribution in [0.3, 0.4) is 0 Å². The van der Waals surface area contributed by atoms with Crippen LogP contribution in [-0.4, -0.2) is 37.1 Å². The highest BCUT2D eigenvalue weighted by Gasteiger charge is 2.34. The van der Waals surface area contributed by atoms with Gasteiger partial charge in [0.2, 0.25) is 17.7 Å². The molecule has 0 spiro atoms. The van der Waals surface area contributed by atoms with E-state index in [9.17, 15) is 9.59 Å². The van der Waals surface area contributed by atoms with Gasteiger partial charge in [0.25, 0.3) is 0 Å². The Bertz CT molecular complexity index is 1210. The number of nitrogens with one attached hydrogen (secondary N) is 1. The number of hydrogen-bond donors (Lipinski definition) is 2. The van der Waals surface area contributed by atoms with Gasteiger partial charge < -0.3 is 24.9 Å². The van der Waals surface area contributed by atoms with Crippen molar-refractivity contribution in [2.24, 2.45) is 11.7 Å². The number of amides is 2. The van der Waals surface area contributed by atoms with Gasteiger partial charge in [-0.3, -0.25) is 9.59 Å². The number of nitrogens with zero attached hydrogens (tertiary/aromatic N) is 1. The fourth-order valence-corrected chi connectivity index (χ4v) is 5.25. The van der Waals surface area contributed by atoms with Crippen LogP contribution in [0.15, 0.2) is 59.0 Å². The highest BCUT2D eigenvalue weighted by molar-refractivity contribution is 5.88. The molecule has 1 heterocycles. The summed E-state index contributed by atoms with van der Waals surface area (Å²) in [7, 11) is 3.31. The van der Waals surface area contributed by atoms with Crippen molar-refractivity contribution < 1.29 is 23.5 Å². The third kappa shape index (κ3) is 6.38. The smallest absolute Gasteiger partial charge is 0.226 e. The molecular formula is C29H35N3O5. The van der Waals surface area contributed by atoms with Crippen molar-refractivity contribution in [2.45, 2.75) is 57.1 Å². The second-order valence-electron chi connectivity index (χ2n) is 9.61. The third-order valence-corrected chi connectivity index (χ3v) is 7.12. The molecule has 4 rings (SSSR count). The van der Waals surface area contributed by atoms with Gasteiger partial charge in [-0.15, -0.1) is 0 Å². The van der Waals surface area contributed by atoms with Crippen LogP contribution >= 0.6 is 0 Å². The Morgan fingerprint density at radius 3 is 2.62 bits per heavy atom. The van der Waals surface area contributed by atoms with Crippen molar-refractivity contribution in [1.29, 1.82) is 0 Å². The number of benzene rings is 2. The molecule has 4 atom stereocenters. The fraction of sp³-hybridized carbons (Fsp3) is 0.414. The summed E-state index contributed by atoms with van der Waals surface area (Å²) in [4.78, 5) is 29.7. The Balaban J connectivity index is 1.43. The molecule has 0 radical (unpaired) electrons. The number of carbonyl (C=O) groups excluding carboxylic acids is 2. The molecule has 2 amide bonds. The first kappa shape index (κ1) is 26.4. The zero-order valence-electron chi connectivity index (χ0n) is 21.6. The van der Waals surface area contributed by atoms with Gasteiger partial charge in [-0.05, 0) is 55.9 Å².